The average Bonchev–Trinajstić information content (AvgIpc) is 2.14. The molecular weight excluding hydrogens is 184 g/mol. The van der Waals surface area contributed by atoms with Crippen molar-refractivity contribution < 1.29 is 0 Å². The number of nitrogens with zero attached hydrogens (tertiary/aromatic N) is 2. The molecule has 0 amide bonds. The van der Waals surface area contributed by atoms with Gasteiger partial charge in [-0.2, -0.15) is 0 Å². The molecule has 2 nitrogen and oxygen atoms in total. The fourth-order valence-corrected chi connectivity index (χ4v) is 2.79. The summed E-state index contributed by atoms with van der Waals surface area (Å²) in [5, 5.41) is 0. The van der Waals surface area contributed by atoms with E-state index in [1.807, 2.05) is 0 Å². The predicted molar refractivity (Wildman–Crippen MR) is 67.2 cm³/mol. The minimum Gasteiger partial charge on any atom is -0.309 e. The molecule has 1 aliphatic carbocycles. The van der Waals surface area contributed by atoms with Gasteiger partial charge in [0.25, 0.3) is 0 Å². The van der Waals surface area contributed by atoms with E-state index in [9.17, 15) is 0 Å². The van der Waals surface area contributed by atoms with Crippen molar-refractivity contribution in [3.8, 4) is 0 Å². The highest BCUT2D eigenvalue weighted by atomic mass is 15.1. The van der Waals surface area contributed by atoms with Crippen molar-refractivity contribution in [2.45, 2.75) is 32.1 Å². The first-order valence-electron chi connectivity index (χ1n) is 6.37. The van der Waals surface area contributed by atoms with Crippen LogP contribution in [-0.4, -0.2) is 51.1 Å². The summed E-state index contributed by atoms with van der Waals surface area (Å²) in [6.07, 6.45) is 7.24. The molecule has 90 valence electrons. The Bertz CT molecular complexity index is 166. The van der Waals surface area contributed by atoms with Gasteiger partial charge in [-0.1, -0.05) is 12.8 Å². The normalized spacial score (nSPS) is 27.6. The molecule has 0 aliphatic heterocycles. The lowest BCUT2D eigenvalue weighted by atomic mass is 9.79. The van der Waals surface area contributed by atoms with Crippen LogP contribution in [0.3, 0.4) is 0 Å². The summed E-state index contributed by atoms with van der Waals surface area (Å²) in [7, 11) is 8.76. The molecule has 15 heavy (non-hydrogen) atoms. The number of rotatable bonds is 5. The molecule has 0 heterocycles. The summed E-state index contributed by atoms with van der Waals surface area (Å²) >= 11 is 0. The van der Waals surface area contributed by atoms with Crippen LogP contribution in [0.1, 0.15) is 32.1 Å². The van der Waals surface area contributed by atoms with Crippen LogP contribution in [0.2, 0.25) is 0 Å². The lowest BCUT2D eigenvalue weighted by Crippen LogP contribution is -2.28. The van der Waals surface area contributed by atoms with E-state index in [4.69, 9.17) is 0 Å². The molecule has 0 bridgehead atoms. The van der Waals surface area contributed by atoms with E-state index in [-0.39, 0.29) is 0 Å². The van der Waals surface area contributed by atoms with Crippen molar-refractivity contribution in [3.63, 3.8) is 0 Å². The second kappa shape index (κ2) is 6.49. The van der Waals surface area contributed by atoms with Crippen LogP contribution in [0, 0.1) is 11.8 Å². The molecule has 0 saturated heterocycles. The lowest BCUT2D eigenvalue weighted by Gasteiger charge is -2.31. The second-order valence-electron chi connectivity index (χ2n) is 5.75. The molecule has 0 radical (unpaired) electrons. The Kier molecular flexibility index (Phi) is 5.62. The molecule has 0 aromatic rings. The minimum atomic E-state index is 0.959. The van der Waals surface area contributed by atoms with Crippen LogP contribution in [0.5, 0.6) is 0 Å². The maximum Gasteiger partial charge on any atom is 0.000366 e. The van der Waals surface area contributed by atoms with Gasteiger partial charge < -0.3 is 9.80 Å². The summed E-state index contributed by atoms with van der Waals surface area (Å²) in [6.45, 7) is 2.55. The quantitative estimate of drug-likeness (QED) is 0.690. The van der Waals surface area contributed by atoms with Crippen LogP contribution in [-0.2, 0) is 0 Å². The smallest absolute Gasteiger partial charge is 0.000366 e. The molecule has 0 aromatic heterocycles. The van der Waals surface area contributed by atoms with Crippen molar-refractivity contribution in [1.29, 1.82) is 0 Å². The summed E-state index contributed by atoms with van der Waals surface area (Å²) in [5.41, 5.74) is 0. The van der Waals surface area contributed by atoms with Gasteiger partial charge in [0.1, 0.15) is 0 Å². The maximum absolute atomic E-state index is 2.35. The number of hydrogen-bond donors (Lipinski definition) is 0. The summed E-state index contributed by atoms with van der Waals surface area (Å²) in [6, 6.07) is 0. The highest BCUT2D eigenvalue weighted by Gasteiger charge is 2.21. The van der Waals surface area contributed by atoms with Crippen LogP contribution >= 0.6 is 0 Å². The third kappa shape index (κ3) is 5.53. The van der Waals surface area contributed by atoms with Gasteiger partial charge in [-0.05, 0) is 65.8 Å². The SMILES string of the molecule is CN(C)CCC1CCCC(CN(C)C)C1. The van der Waals surface area contributed by atoms with Gasteiger partial charge in [0.05, 0.1) is 0 Å². The Labute approximate surface area is 95.6 Å². The summed E-state index contributed by atoms with van der Waals surface area (Å²) < 4.78 is 0. The molecule has 2 unspecified atom stereocenters. The van der Waals surface area contributed by atoms with Crippen LogP contribution < -0.4 is 0 Å². The monoisotopic (exact) mass is 212 g/mol. The van der Waals surface area contributed by atoms with E-state index in [0.717, 1.165) is 11.8 Å². The van der Waals surface area contributed by atoms with E-state index in [1.165, 1.54) is 45.2 Å². The third-order valence-electron chi connectivity index (χ3n) is 3.50. The zero-order chi connectivity index (χ0) is 11.3. The van der Waals surface area contributed by atoms with Gasteiger partial charge in [0, 0.05) is 6.54 Å². The summed E-state index contributed by atoms with van der Waals surface area (Å²) in [4.78, 5) is 4.66. The van der Waals surface area contributed by atoms with Crippen molar-refractivity contribution in [3.05, 3.63) is 0 Å². The van der Waals surface area contributed by atoms with Crippen molar-refractivity contribution in [1.82, 2.24) is 9.80 Å². The van der Waals surface area contributed by atoms with Gasteiger partial charge in [0.15, 0.2) is 0 Å². The van der Waals surface area contributed by atoms with Gasteiger partial charge >= 0.3 is 0 Å². The Morgan fingerprint density at radius 1 is 0.933 bits per heavy atom. The Balaban J connectivity index is 2.23. The van der Waals surface area contributed by atoms with Gasteiger partial charge in [-0.15, -0.1) is 0 Å². The molecular formula is C13H28N2. The standard InChI is InChI=1S/C13H28N2/c1-14(2)9-8-12-6-5-7-13(10-12)11-15(3)4/h12-13H,5-11H2,1-4H3. The Morgan fingerprint density at radius 2 is 1.60 bits per heavy atom. The second-order valence-corrected chi connectivity index (χ2v) is 5.75. The first kappa shape index (κ1) is 13.0. The first-order valence-corrected chi connectivity index (χ1v) is 6.37. The molecule has 0 N–H and O–H groups in total. The molecule has 1 aliphatic rings. The largest absolute Gasteiger partial charge is 0.309 e. The molecule has 1 fully saturated rings. The number of hydrogen-bond acceptors (Lipinski definition) is 2. The van der Waals surface area contributed by atoms with E-state index >= 15 is 0 Å². The fraction of sp³-hybridized carbons (Fsp3) is 1.00. The van der Waals surface area contributed by atoms with Crippen LogP contribution in [0.15, 0.2) is 0 Å². The highest BCUT2D eigenvalue weighted by molar-refractivity contribution is 4.75. The van der Waals surface area contributed by atoms with Gasteiger partial charge in [-0.3, -0.25) is 0 Å². The average molecular weight is 212 g/mol. The van der Waals surface area contributed by atoms with E-state index in [0.29, 0.717) is 0 Å². The molecule has 2 atom stereocenters. The molecule has 0 aromatic carbocycles. The van der Waals surface area contributed by atoms with Gasteiger partial charge in [0.2, 0.25) is 0 Å². The fourth-order valence-electron chi connectivity index (χ4n) is 2.79. The first-order chi connectivity index (χ1) is 7.08. The third-order valence-corrected chi connectivity index (χ3v) is 3.50. The van der Waals surface area contributed by atoms with Crippen molar-refractivity contribution in [2.75, 3.05) is 41.3 Å². The summed E-state index contributed by atoms with van der Waals surface area (Å²) in [5.74, 6) is 1.95. The highest BCUT2D eigenvalue weighted by Crippen LogP contribution is 2.31. The van der Waals surface area contributed by atoms with Crippen LogP contribution in [0.25, 0.3) is 0 Å². The lowest BCUT2D eigenvalue weighted by molar-refractivity contribution is 0.198. The van der Waals surface area contributed by atoms with E-state index < -0.39 is 0 Å². The molecule has 1 saturated carbocycles. The maximum atomic E-state index is 2.35. The zero-order valence-electron chi connectivity index (χ0n) is 11.0. The molecule has 1 rings (SSSR count). The Hall–Kier alpha value is -0.0800. The topological polar surface area (TPSA) is 6.48 Å². The van der Waals surface area contributed by atoms with Crippen molar-refractivity contribution >= 4 is 0 Å². The predicted octanol–water partition coefficient (Wildman–Crippen LogP) is 2.31. The molecule has 0 spiro atoms. The minimum absolute atomic E-state index is 0.959. The van der Waals surface area contributed by atoms with E-state index in [2.05, 4.69) is 38.0 Å². The van der Waals surface area contributed by atoms with E-state index in [1.54, 1.807) is 0 Å². The zero-order valence-corrected chi connectivity index (χ0v) is 11.0. The Morgan fingerprint density at radius 3 is 2.20 bits per heavy atom. The van der Waals surface area contributed by atoms with Crippen molar-refractivity contribution in [2.24, 2.45) is 11.8 Å². The van der Waals surface area contributed by atoms with Crippen LogP contribution in [0.4, 0.5) is 0 Å². The van der Waals surface area contributed by atoms with Gasteiger partial charge in [-0.25, -0.2) is 0 Å². The molecule has 2 heteroatoms.